The lowest BCUT2D eigenvalue weighted by Gasteiger charge is -2.12. The summed E-state index contributed by atoms with van der Waals surface area (Å²) in [6.45, 7) is 1.49. The maximum atomic E-state index is 11.2. The van der Waals surface area contributed by atoms with Crippen LogP contribution in [0, 0.1) is 0 Å². The van der Waals surface area contributed by atoms with Crippen molar-refractivity contribution in [3.8, 4) is 0 Å². The molecule has 0 aliphatic rings. The normalized spacial score (nSPS) is 11.9. The first-order valence-corrected chi connectivity index (χ1v) is 5.16. The second-order valence-electron chi connectivity index (χ2n) is 3.44. The minimum atomic E-state index is -1.22. The molecule has 6 heteroatoms. The van der Waals surface area contributed by atoms with Crippen LogP contribution in [0.5, 0.6) is 0 Å². The van der Waals surface area contributed by atoms with E-state index in [0.29, 0.717) is 12.8 Å². The lowest BCUT2D eigenvalue weighted by atomic mass is 10.1. The van der Waals surface area contributed by atoms with Crippen molar-refractivity contribution in [3.05, 3.63) is 0 Å². The SMILES string of the molecule is CCCC(=O)CC(=O)N[C@@H](CCO)C(=O)O. The minimum absolute atomic E-state index is 0.0664. The van der Waals surface area contributed by atoms with Crippen molar-refractivity contribution >= 4 is 17.7 Å². The molecule has 0 saturated heterocycles. The van der Waals surface area contributed by atoms with E-state index >= 15 is 0 Å². The summed E-state index contributed by atoms with van der Waals surface area (Å²) < 4.78 is 0. The Morgan fingerprint density at radius 3 is 2.38 bits per heavy atom. The zero-order valence-electron chi connectivity index (χ0n) is 9.23. The number of hydrogen-bond acceptors (Lipinski definition) is 4. The summed E-state index contributed by atoms with van der Waals surface area (Å²) in [5, 5.41) is 19.5. The van der Waals surface area contributed by atoms with Gasteiger partial charge in [0, 0.05) is 19.4 Å². The molecule has 0 fully saturated rings. The third-order valence-electron chi connectivity index (χ3n) is 1.94. The number of hydrogen-bond donors (Lipinski definition) is 3. The fraction of sp³-hybridized carbons (Fsp3) is 0.700. The molecule has 0 aliphatic carbocycles. The van der Waals surface area contributed by atoms with Gasteiger partial charge in [0.25, 0.3) is 0 Å². The van der Waals surface area contributed by atoms with Crippen LogP contribution >= 0.6 is 0 Å². The van der Waals surface area contributed by atoms with Crippen LogP contribution in [0.2, 0.25) is 0 Å². The molecule has 92 valence electrons. The first kappa shape index (κ1) is 14.6. The summed E-state index contributed by atoms with van der Waals surface area (Å²) in [5.41, 5.74) is 0. The summed E-state index contributed by atoms with van der Waals surface area (Å²) in [6.07, 6.45) is 0.600. The van der Waals surface area contributed by atoms with Gasteiger partial charge in [-0.25, -0.2) is 4.79 Å². The van der Waals surface area contributed by atoms with Crippen LogP contribution in [-0.2, 0) is 14.4 Å². The van der Waals surface area contributed by atoms with Crippen molar-refractivity contribution in [2.24, 2.45) is 0 Å². The van der Waals surface area contributed by atoms with Gasteiger partial charge < -0.3 is 15.5 Å². The van der Waals surface area contributed by atoms with Crippen LogP contribution in [0.1, 0.15) is 32.6 Å². The molecule has 0 aromatic rings. The number of nitrogens with one attached hydrogen (secondary N) is 1. The van der Waals surface area contributed by atoms with Crippen LogP contribution in [0.4, 0.5) is 0 Å². The summed E-state index contributed by atoms with van der Waals surface area (Å²) in [4.78, 5) is 33.0. The average Bonchev–Trinajstić information content (AvgIpc) is 2.16. The van der Waals surface area contributed by atoms with Gasteiger partial charge in [-0.05, 0) is 6.42 Å². The van der Waals surface area contributed by atoms with Crippen molar-refractivity contribution in [1.82, 2.24) is 5.32 Å². The van der Waals surface area contributed by atoms with Crippen LogP contribution in [0.25, 0.3) is 0 Å². The monoisotopic (exact) mass is 231 g/mol. The smallest absolute Gasteiger partial charge is 0.326 e. The Hall–Kier alpha value is -1.43. The van der Waals surface area contributed by atoms with E-state index in [4.69, 9.17) is 10.2 Å². The van der Waals surface area contributed by atoms with Gasteiger partial charge >= 0.3 is 5.97 Å². The van der Waals surface area contributed by atoms with Gasteiger partial charge in [0.1, 0.15) is 11.8 Å². The standard InChI is InChI=1S/C10H17NO5/c1-2-3-7(13)6-9(14)11-8(4-5-12)10(15)16/h8,12H,2-6H2,1H3,(H,11,14)(H,15,16)/t8-/m0/s1. The molecule has 0 rings (SSSR count). The minimum Gasteiger partial charge on any atom is -0.480 e. The molecular formula is C10H17NO5. The predicted molar refractivity (Wildman–Crippen MR) is 55.8 cm³/mol. The number of rotatable bonds is 8. The lowest BCUT2D eigenvalue weighted by molar-refractivity contribution is -0.143. The number of carboxylic acids is 1. The zero-order valence-corrected chi connectivity index (χ0v) is 9.23. The summed E-state index contributed by atoms with van der Waals surface area (Å²) >= 11 is 0. The lowest BCUT2D eigenvalue weighted by Crippen LogP contribution is -2.42. The third-order valence-corrected chi connectivity index (χ3v) is 1.94. The number of aliphatic carboxylic acids is 1. The Balaban J connectivity index is 4.09. The summed E-state index contributed by atoms with van der Waals surface area (Å²) in [7, 11) is 0. The van der Waals surface area contributed by atoms with E-state index in [0.717, 1.165) is 0 Å². The van der Waals surface area contributed by atoms with E-state index in [1.807, 2.05) is 6.92 Å². The van der Waals surface area contributed by atoms with Crippen molar-refractivity contribution in [1.29, 1.82) is 0 Å². The molecular weight excluding hydrogens is 214 g/mol. The van der Waals surface area contributed by atoms with Crippen LogP contribution in [0.3, 0.4) is 0 Å². The highest BCUT2D eigenvalue weighted by molar-refractivity contribution is 5.99. The van der Waals surface area contributed by atoms with E-state index in [1.54, 1.807) is 0 Å². The Bertz CT molecular complexity index is 264. The average molecular weight is 231 g/mol. The Kier molecular flexibility index (Phi) is 7.11. The quantitative estimate of drug-likeness (QED) is 0.497. The molecule has 0 heterocycles. The molecule has 1 amide bonds. The highest BCUT2D eigenvalue weighted by atomic mass is 16.4. The number of carbonyl (C=O) groups excluding carboxylic acids is 2. The molecule has 3 N–H and O–H groups in total. The first-order valence-electron chi connectivity index (χ1n) is 5.16. The van der Waals surface area contributed by atoms with Gasteiger partial charge in [0.15, 0.2) is 0 Å². The number of carbonyl (C=O) groups is 3. The fourth-order valence-corrected chi connectivity index (χ4v) is 1.18. The second kappa shape index (κ2) is 7.81. The van der Waals surface area contributed by atoms with Crippen LogP contribution in [0.15, 0.2) is 0 Å². The van der Waals surface area contributed by atoms with E-state index in [1.165, 1.54) is 0 Å². The molecule has 0 bridgehead atoms. The van der Waals surface area contributed by atoms with Crippen molar-refractivity contribution in [2.45, 2.75) is 38.6 Å². The largest absolute Gasteiger partial charge is 0.480 e. The maximum Gasteiger partial charge on any atom is 0.326 e. The van der Waals surface area contributed by atoms with Gasteiger partial charge in [0.2, 0.25) is 5.91 Å². The van der Waals surface area contributed by atoms with E-state index in [9.17, 15) is 14.4 Å². The van der Waals surface area contributed by atoms with Gasteiger partial charge in [-0.2, -0.15) is 0 Å². The van der Waals surface area contributed by atoms with E-state index in [2.05, 4.69) is 5.32 Å². The van der Waals surface area contributed by atoms with Crippen molar-refractivity contribution in [2.75, 3.05) is 6.61 Å². The Labute approximate surface area is 93.6 Å². The molecule has 0 aromatic heterocycles. The maximum absolute atomic E-state index is 11.2. The number of aliphatic hydroxyl groups is 1. The van der Waals surface area contributed by atoms with E-state index < -0.39 is 17.9 Å². The predicted octanol–water partition coefficient (Wildman–Crippen LogP) is -0.302. The molecule has 6 nitrogen and oxygen atoms in total. The molecule has 0 radical (unpaired) electrons. The molecule has 16 heavy (non-hydrogen) atoms. The topological polar surface area (TPSA) is 104 Å². The Morgan fingerprint density at radius 1 is 1.31 bits per heavy atom. The highest BCUT2D eigenvalue weighted by Crippen LogP contribution is 1.97. The third kappa shape index (κ3) is 6.13. The molecule has 0 aliphatic heterocycles. The van der Waals surface area contributed by atoms with E-state index in [-0.39, 0.29) is 25.2 Å². The molecule has 0 saturated carbocycles. The summed E-state index contributed by atoms with van der Waals surface area (Å²) in [6, 6.07) is -1.13. The highest BCUT2D eigenvalue weighted by Gasteiger charge is 2.20. The Morgan fingerprint density at radius 2 is 1.94 bits per heavy atom. The number of aliphatic hydroxyl groups excluding tert-OH is 1. The number of amides is 1. The summed E-state index contributed by atoms with van der Waals surface area (Å²) in [5.74, 6) is -2.04. The van der Waals surface area contributed by atoms with Crippen LogP contribution in [-0.4, -0.2) is 40.5 Å². The van der Waals surface area contributed by atoms with Gasteiger partial charge in [-0.1, -0.05) is 6.92 Å². The van der Waals surface area contributed by atoms with Gasteiger partial charge in [-0.3, -0.25) is 9.59 Å². The molecule has 0 aromatic carbocycles. The van der Waals surface area contributed by atoms with Crippen molar-refractivity contribution in [3.63, 3.8) is 0 Å². The van der Waals surface area contributed by atoms with Crippen molar-refractivity contribution < 1.29 is 24.6 Å². The van der Waals surface area contributed by atoms with Gasteiger partial charge in [0.05, 0.1) is 6.42 Å². The number of carboxylic acid groups (broad SMARTS) is 1. The number of ketones is 1. The van der Waals surface area contributed by atoms with Crippen LogP contribution < -0.4 is 5.32 Å². The first-order chi connectivity index (χ1) is 7.51. The second-order valence-corrected chi connectivity index (χ2v) is 3.44. The number of Topliss-reactive ketones (excluding diaryl/α,β-unsaturated/α-hetero) is 1. The molecule has 0 spiro atoms. The zero-order chi connectivity index (χ0) is 12.6. The molecule has 1 atom stereocenters. The molecule has 0 unspecified atom stereocenters. The fourth-order valence-electron chi connectivity index (χ4n) is 1.18. The van der Waals surface area contributed by atoms with Gasteiger partial charge in [-0.15, -0.1) is 0 Å².